The predicted molar refractivity (Wildman–Crippen MR) is 132 cm³/mol. The van der Waals surface area contributed by atoms with Crippen molar-refractivity contribution >= 4 is 45.5 Å². The van der Waals surface area contributed by atoms with Gasteiger partial charge >= 0.3 is 0 Å². The van der Waals surface area contributed by atoms with E-state index in [0.717, 1.165) is 24.0 Å². The summed E-state index contributed by atoms with van der Waals surface area (Å²) in [5.41, 5.74) is 2.21. The summed E-state index contributed by atoms with van der Waals surface area (Å²) in [5, 5.41) is 7.29. The van der Waals surface area contributed by atoms with Crippen molar-refractivity contribution in [2.24, 2.45) is 0 Å². The van der Waals surface area contributed by atoms with Crippen LogP contribution in [0.5, 0.6) is 0 Å². The minimum absolute atomic E-state index is 0.122. The SMILES string of the molecule is CC(C)c1nc(C2(c3c(Cl)cc(NC(=O)Cc4ccc(C(C)[SH](=O)=O)cc4)cc3Cl)CC2)no1. The van der Waals surface area contributed by atoms with E-state index in [-0.39, 0.29) is 18.2 Å². The number of rotatable bonds is 8. The highest BCUT2D eigenvalue weighted by Crippen LogP contribution is 2.56. The summed E-state index contributed by atoms with van der Waals surface area (Å²) in [5.74, 6) is 1.03. The summed E-state index contributed by atoms with van der Waals surface area (Å²) in [7, 11) is -2.55. The zero-order chi connectivity index (χ0) is 24.6. The van der Waals surface area contributed by atoms with Gasteiger partial charge in [0.05, 0.1) is 17.1 Å². The van der Waals surface area contributed by atoms with E-state index in [2.05, 4.69) is 15.5 Å². The number of nitrogens with one attached hydrogen (secondary N) is 1. The van der Waals surface area contributed by atoms with Gasteiger partial charge in [-0.15, -0.1) is 0 Å². The minimum Gasteiger partial charge on any atom is -0.339 e. The summed E-state index contributed by atoms with van der Waals surface area (Å²) >= 11 is 13.2. The number of aromatic nitrogens is 2. The van der Waals surface area contributed by atoms with E-state index in [4.69, 9.17) is 27.7 Å². The number of hydrogen-bond donors (Lipinski definition) is 2. The molecule has 1 aliphatic carbocycles. The number of carbonyl (C=O) groups is 1. The van der Waals surface area contributed by atoms with Crippen LogP contribution in [-0.4, -0.2) is 24.5 Å². The minimum atomic E-state index is -2.55. The molecule has 4 rings (SSSR count). The monoisotopic (exact) mass is 521 g/mol. The molecule has 10 heteroatoms. The number of benzene rings is 2. The lowest BCUT2D eigenvalue weighted by Gasteiger charge is -2.17. The van der Waals surface area contributed by atoms with E-state index in [9.17, 15) is 13.2 Å². The lowest BCUT2D eigenvalue weighted by molar-refractivity contribution is -0.115. The molecule has 3 aromatic rings. The Balaban J connectivity index is 1.48. The number of carbonyl (C=O) groups excluding carboxylic acids is 1. The zero-order valence-electron chi connectivity index (χ0n) is 19.0. The maximum atomic E-state index is 12.6. The van der Waals surface area contributed by atoms with Gasteiger partial charge in [0.15, 0.2) is 5.82 Å². The van der Waals surface area contributed by atoms with Gasteiger partial charge in [-0.2, -0.15) is 4.98 Å². The molecule has 0 spiro atoms. The molecule has 7 nitrogen and oxygen atoms in total. The number of anilines is 1. The van der Waals surface area contributed by atoms with Gasteiger partial charge in [-0.05, 0) is 43.0 Å². The summed E-state index contributed by atoms with van der Waals surface area (Å²) in [4.78, 5) is 17.1. The van der Waals surface area contributed by atoms with Crippen molar-refractivity contribution in [3.8, 4) is 0 Å². The van der Waals surface area contributed by atoms with Crippen molar-refractivity contribution < 1.29 is 17.7 Å². The Labute approximate surface area is 209 Å². The standard InChI is InChI=1S/C24H25Cl2N3O4S/c1-13(2)22-28-23(29-33-22)24(8-9-24)21-18(25)11-17(12-19(21)26)27-20(30)10-15-4-6-16(7-5-15)14(3)34(31)32/h4-7,11-14,34H,8-10H2,1-3H3,(H,27,30). The lowest BCUT2D eigenvalue weighted by Crippen LogP contribution is -2.16. The van der Waals surface area contributed by atoms with Crippen molar-refractivity contribution in [3.63, 3.8) is 0 Å². The van der Waals surface area contributed by atoms with Gasteiger partial charge in [-0.25, -0.2) is 8.42 Å². The summed E-state index contributed by atoms with van der Waals surface area (Å²) < 4.78 is 27.7. The van der Waals surface area contributed by atoms with Crippen LogP contribution in [0.1, 0.15) is 73.2 Å². The Kier molecular flexibility index (Phi) is 7.03. The van der Waals surface area contributed by atoms with Gasteiger partial charge in [0.25, 0.3) is 0 Å². The Morgan fingerprint density at radius 2 is 1.74 bits per heavy atom. The molecule has 1 aliphatic rings. The van der Waals surface area contributed by atoms with E-state index >= 15 is 0 Å². The topological polar surface area (TPSA) is 102 Å². The van der Waals surface area contributed by atoms with Gasteiger partial charge < -0.3 is 9.84 Å². The zero-order valence-corrected chi connectivity index (χ0v) is 21.4. The summed E-state index contributed by atoms with van der Waals surface area (Å²) in [6.45, 7) is 5.59. The molecule has 1 N–H and O–H groups in total. The number of amides is 1. The van der Waals surface area contributed by atoms with Crippen LogP contribution in [0.4, 0.5) is 5.69 Å². The van der Waals surface area contributed by atoms with Gasteiger partial charge in [-0.1, -0.05) is 66.5 Å². The molecule has 0 radical (unpaired) electrons. The molecule has 34 heavy (non-hydrogen) atoms. The third-order valence-electron chi connectivity index (χ3n) is 6.06. The molecule has 0 aliphatic heterocycles. The molecule has 1 aromatic heterocycles. The van der Waals surface area contributed by atoms with Gasteiger partial charge in [0.1, 0.15) is 10.7 Å². The number of nitrogens with zero attached hydrogens (tertiary/aromatic N) is 2. The normalized spacial score (nSPS) is 15.5. The first kappa shape index (κ1) is 24.7. The van der Waals surface area contributed by atoms with Gasteiger partial charge in [0.2, 0.25) is 11.8 Å². The van der Waals surface area contributed by atoms with Crippen LogP contribution in [0.3, 0.4) is 0 Å². The third kappa shape index (κ3) is 4.99. The smallest absolute Gasteiger partial charge is 0.229 e. The Hall–Kier alpha value is -2.42. The molecule has 1 unspecified atom stereocenters. The van der Waals surface area contributed by atoms with Crippen LogP contribution < -0.4 is 5.32 Å². The van der Waals surface area contributed by atoms with E-state index in [1.165, 1.54) is 0 Å². The van der Waals surface area contributed by atoms with Crippen LogP contribution in [0, 0.1) is 0 Å². The highest BCUT2D eigenvalue weighted by atomic mass is 35.5. The summed E-state index contributed by atoms with van der Waals surface area (Å²) in [6.07, 6.45) is 1.74. The maximum Gasteiger partial charge on any atom is 0.229 e. The van der Waals surface area contributed by atoms with Crippen molar-refractivity contribution in [1.82, 2.24) is 10.1 Å². The molecule has 180 valence electrons. The fourth-order valence-electron chi connectivity index (χ4n) is 3.90. The summed E-state index contributed by atoms with van der Waals surface area (Å²) in [6, 6.07) is 10.3. The molecule has 0 bridgehead atoms. The van der Waals surface area contributed by atoms with Crippen LogP contribution in [0.25, 0.3) is 0 Å². The molecule has 0 saturated heterocycles. The highest BCUT2D eigenvalue weighted by molar-refractivity contribution is 7.72. The molecule has 1 atom stereocenters. The average molecular weight is 522 g/mol. The van der Waals surface area contributed by atoms with E-state index in [1.807, 2.05) is 13.8 Å². The number of thiol groups is 1. The van der Waals surface area contributed by atoms with Crippen molar-refractivity contribution in [2.45, 2.75) is 56.6 Å². The van der Waals surface area contributed by atoms with Crippen molar-refractivity contribution in [1.29, 1.82) is 0 Å². The molecular weight excluding hydrogens is 497 g/mol. The largest absolute Gasteiger partial charge is 0.339 e. The molecule has 2 aromatic carbocycles. The number of hydrogen-bond acceptors (Lipinski definition) is 6. The van der Waals surface area contributed by atoms with E-state index in [1.54, 1.807) is 43.3 Å². The maximum absolute atomic E-state index is 12.6. The quantitative estimate of drug-likeness (QED) is 0.383. The van der Waals surface area contributed by atoms with Crippen molar-refractivity contribution in [3.05, 3.63) is 74.8 Å². The average Bonchev–Trinajstić information content (AvgIpc) is 3.38. The molecular formula is C24H25Cl2N3O4S. The first-order chi connectivity index (χ1) is 16.1. The van der Waals surface area contributed by atoms with Gasteiger partial charge in [-0.3, -0.25) is 4.79 Å². The second-order valence-corrected chi connectivity index (χ2v) is 11.1. The fraction of sp³-hybridized carbons (Fsp3) is 0.375. The molecule has 1 fully saturated rings. The second-order valence-electron chi connectivity index (χ2n) is 8.94. The first-order valence-electron chi connectivity index (χ1n) is 11.0. The molecule has 1 amide bonds. The Morgan fingerprint density at radius 1 is 1.12 bits per heavy atom. The Bertz CT molecular complexity index is 1270. The third-order valence-corrected chi connectivity index (χ3v) is 7.59. The fourth-order valence-corrected chi connectivity index (χ4v) is 5.17. The number of halogens is 2. The Morgan fingerprint density at radius 3 is 2.24 bits per heavy atom. The first-order valence-corrected chi connectivity index (χ1v) is 13.0. The highest BCUT2D eigenvalue weighted by Gasteiger charge is 2.52. The van der Waals surface area contributed by atoms with Crippen LogP contribution >= 0.6 is 23.2 Å². The van der Waals surface area contributed by atoms with Crippen LogP contribution in [-0.2, 0) is 27.3 Å². The van der Waals surface area contributed by atoms with Crippen LogP contribution in [0.15, 0.2) is 40.9 Å². The van der Waals surface area contributed by atoms with E-state index < -0.39 is 21.4 Å². The van der Waals surface area contributed by atoms with Crippen molar-refractivity contribution in [2.75, 3.05) is 5.32 Å². The van der Waals surface area contributed by atoms with E-state index in [0.29, 0.717) is 33.0 Å². The van der Waals surface area contributed by atoms with Gasteiger partial charge in [0, 0.05) is 27.2 Å². The predicted octanol–water partition coefficient (Wildman–Crippen LogP) is 5.43. The van der Waals surface area contributed by atoms with Crippen LogP contribution in [0.2, 0.25) is 10.0 Å². The molecule has 1 saturated carbocycles. The second kappa shape index (κ2) is 9.68. The molecule has 1 heterocycles. The lowest BCUT2D eigenvalue weighted by atomic mass is 9.94.